The zero-order valence-electron chi connectivity index (χ0n) is 4.91. The molecule has 0 unspecified atom stereocenters. The Bertz CT molecular complexity index is 223. The number of hydrogen-bond acceptors (Lipinski definition) is 3. The third-order valence-corrected chi connectivity index (χ3v) is 0.888. The predicted molar refractivity (Wildman–Crippen MR) is 33.6 cm³/mol. The van der Waals surface area contributed by atoms with Crippen LogP contribution in [0.5, 0.6) is 0 Å². The molecule has 0 radical (unpaired) electrons. The number of nitroso groups, excluding NO2 is 1. The molecule has 0 aliphatic heterocycles. The summed E-state index contributed by atoms with van der Waals surface area (Å²) in [4.78, 5) is 13.1. The second-order valence-electron chi connectivity index (χ2n) is 1.56. The minimum Gasteiger partial charge on any atom is -0.235 e. The van der Waals surface area contributed by atoms with E-state index < -0.39 is 5.82 Å². The molecule has 0 aliphatic rings. The van der Waals surface area contributed by atoms with Gasteiger partial charge in [-0.05, 0) is 12.1 Å². The Morgan fingerprint density at radius 3 is 2.90 bits per heavy atom. The third-order valence-electron chi connectivity index (χ3n) is 0.888. The van der Waals surface area contributed by atoms with E-state index in [1.807, 2.05) is 5.43 Å². The molecule has 1 aromatic heterocycles. The summed E-state index contributed by atoms with van der Waals surface area (Å²) in [5, 5.41) is 2.35. The zero-order chi connectivity index (χ0) is 7.40. The van der Waals surface area contributed by atoms with Gasteiger partial charge in [0.1, 0.15) is 11.6 Å². The molecular formula is C5H4FN3O. The van der Waals surface area contributed by atoms with Crippen LogP contribution < -0.4 is 5.43 Å². The third kappa shape index (κ3) is 1.48. The lowest BCUT2D eigenvalue weighted by Crippen LogP contribution is -1.89. The van der Waals surface area contributed by atoms with Crippen molar-refractivity contribution in [3.8, 4) is 0 Å². The van der Waals surface area contributed by atoms with Gasteiger partial charge in [0.25, 0.3) is 0 Å². The fourth-order valence-corrected chi connectivity index (χ4v) is 0.489. The number of rotatable bonds is 2. The molecule has 0 aromatic carbocycles. The van der Waals surface area contributed by atoms with Crippen LogP contribution >= 0.6 is 0 Å². The molecule has 1 rings (SSSR count). The minimum atomic E-state index is -0.448. The zero-order valence-corrected chi connectivity index (χ0v) is 4.91. The van der Waals surface area contributed by atoms with Gasteiger partial charge >= 0.3 is 0 Å². The lowest BCUT2D eigenvalue weighted by atomic mass is 10.4. The van der Waals surface area contributed by atoms with E-state index in [1.165, 1.54) is 12.1 Å². The number of pyridine rings is 1. The van der Waals surface area contributed by atoms with Crippen LogP contribution in [0.1, 0.15) is 0 Å². The number of hydrogen-bond donors (Lipinski definition) is 1. The van der Waals surface area contributed by atoms with Gasteiger partial charge in [-0.15, -0.1) is 4.91 Å². The lowest BCUT2D eigenvalue weighted by molar-refractivity contribution is 0.622. The Morgan fingerprint density at radius 1 is 1.60 bits per heavy atom. The quantitative estimate of drug-likeness (QED) is 0.499. The Balaban J connectivity index is 2.78. The summed E-state index contributed by atoms with van der Waals surface area (Å²) in [7, 11) is 0. The van der Waals surface area contributed by atoms with Crippen LogP contribution in [0.25, 0.3) is 0 Å². The number of anilines is 1. The predicted octanol–water partition coefficient (Wildman–Crippen LogP) is 1.31. The molecule has 0 atom stereocenters. The van der Waals surface area contributed by atoms with Crippen molar-refractivity contribution in [1.29, 1.82) is 0 Å². The molecular weight excluding hydrogens is 137 g/mol. The number of aromatic nitrogens is 1. The largest absolute Gasteiger partial charge is 0.235 e. The Hall–Kier alpha value is -1.52. The standard InChI is InChI=1S/C5H4FN3O/c6-4-1-2-5(7-3-4)8-9-10/h1-3H,(H,7,8,10). The molecule has 5 heteroatoms. The van der Waals surface area contributed by atoms with Crippen LogP contribution in [-0.2, 0) is 0 Å². The van der Waals surface area contributed by atoms with Crippen LogP contribution in [-0.4, -0.2) is 4.98 Å². The summed E-state index contributed by atoms with van der Waals surface area (Å²) in [5.41, 5.74) is 2.03. The van der Waals surface area contributed by atoms with Gasteiger partial charge in [0, 0.05) is 0 Å². The van der Waals surface area contributed by atoms with Gasteiger partial charge < -0.3 is 0 Å². The van der Waals surface area contributed by atoms with Gasteiger partial charge in [-0.25, -0.2) is 14.8 Å². The van der Waals surface area contributed by atoms with Crippen LogP contribution in [0.15, 0.2) is 23.6 Å². The van der Waals surface area contributed by atoms with Gasteiger partial charge in [0.05, 0.1) is 11.5 Å². The van der Waals surface area contributed by atoms with Crippen LogP contribution in [0.3, 0.4) is 0 Å². The summed E-state index contributed by atoms with van der Waals surface area (Å²) in [6, 6.07) is 2.50. The van der Waals surface area contributed by atoms with Crippen LogP contribution in [0, 0.1) is 10.7 Å². The Labute approximate surface area is 56.0 Å². The molecule has 4 nitrogen and oxygen atoms in total. The fraction of sp³-hybridized carbons (Fsp3) is 0. The van der Waals surface area contributed by atoms with Crippen molar-refractivity contribution >= 4 is 5.82 Å². The summed E-state index contributed by atoms with van der Waals surface area (Å²) in [6.07, 6.45) is 0.994. The monoisotopic (exact) mass is 141 g/mol. The average Bonchev–Trinajstić information content (AvgIpc) is 1.95. The topological polar surface area (TPSA) is 54.4 Å². The highest BCUT2D eigenvalue weighted by Crippen LogP contribution is 2.02. The number of nitrogens with zero attached hydrogens (tertiary/aromatic N) is 2. The van der Waals surface area contributed by atoms with E-state index >= 15 is 0 Å². The Morgan fingerprint density at radius 2 is 2.40 bits per heavy atom. The number of halogens is 1. The highest BCUT2D eigenvalue weighted by Gasteiger charge is 1.91. The highest BCUT2D eigenvalue weighted by molar-refractivity contribution is 5.31. The van der Waals surface area contributed by atoms with Gasteiger partial charge in [0.2, 0.25) is 0 Å². The molecule has 0 aliphatic carbocycles. The van der Waals surface area contributed by atoms with Crippen molar-refractivity contribution in [3.05, 3.63) is 29.1 Å². The van der Waals surface area contributed by atoms with Gasteiger partial charge in [-0.1, -0.05) is 0 Å². The van der Waals surface area contributed by atoms with Crippen molar-refractivity contribution in [2.75, 3.05) is 5.43 Å². The van der Waals surface area contributed by atoms with E-state index in [4.69, 9.17) is 0 Å². The summed E-state index contributed by atoms with van der Waals surface area (Å²) < 4.78 is 12.1. The average molecular weight is 141 g/mol. The molecule has 1 heterocycles. The van der Waals surface area contributed by atoms with E-state index in [1.54, 1.807) is 0 Å². The molecule has 0 bridgehead atoms. The second kappa shape index (κ2) is 2.86. The van der Waals surface area contributed by atoms with Gasteiger partial charge in [-0.3, -0.25) is 0 Å². The second-order valence-corrected chi connectivity index (χ2v) is 1.56. The molecule has 0 amide bonds. The van der Waals surface area contributed by atoms with Crippen molar-refractivity contribution in [3.63, 3.8) is 0 Å². The molecule has 0 saturated heterocycles. The van der Waals surface area contributed by atoms with E-state index in [-0.39, 0.29) is 5.82 Å². The molecule has 0 saturated carbocycles. The SMILES string of the molecule is O=NNc1ccc(F)cn1. The van der Waals surface area contributed by atoms with Gasteiger partial charge in [-0.2, -0.15) is 0 Å². The van der Waals surface area contributed by atoms with E-state index in [0.29, 0.717) is 0 Å². The first-order chi connectivity index (χ1) is 4.83. The molecule has 0 spiro atoms. The lowest BCUT2D eigenvalue weighted by Gasteiger charge is -1.92. The minimum absolute atomic E-state index is 0.233. The van der Waals surface area contributed by atoms with Crippen LogP contribution in [0.4, 0.5) is 10.2 Å². The molecule has 0 fully saturated rings. The molecule has 52 valence electrons. The summed E-state index contributed by atoms with van der Waals surface area (Å²) in [5.74, 6) is -0.215. The first-order valence-electron chi connectivity index (χ1n) is 2.53. The van der Waals surface area contributed by atoms with Crippen molar-refractivity contribution < 1.29 is 4.39 Å². The van der Waals surface area contributed by atoms with Crippen molar-refractivity contribution in [2.45, 2.75) is 0 Å². The maximum absolute atomic E-state index is 12.1. The van der Waals surface area contributed by atoms with Gasteiger partial charge in [0.15, 0.2) is 0 Å². The number of nitrogens with one attached hydrogen (secondary N) is 1. The smallest absolute Gasteiger partial charge is 0.149 e. The maximum atomic E-state index is 12.1. The molecule has 10 heavy (non-hydrogen) atoms. The fourth-order valence-electron chi connectivity index (χ4n) is 0.489. The van der Waals surface area contributed by atoms with E-state index in [9.17, 15) is 9.30 Å². The summed E-state index contributed by atoms with van der Waals surface area (Å²) in [6.45, 7) is 0. The molecule has 1 N–H and O–H groups in total. The maximum Gasteiger partial charge on any atom is 0.149 e. The van der Waals surface area contributed by atoms with Crippen molar-refractivity contribution in [1.82, 2.24) is 4.98 Å². The van der Waals surface area contributed by atoms with Crippen LogP contribution in [0.2, 0.25) is 0 Å². The summed E-state index contributed by atoms with van der Waals surface area (Å²) >= 11 is 0. The van der Waals surface area contributed by atoms with Crippen molar-refractivity contribution in [2.24, 2.45) is 5.29 Å². The van der Waals surface area contributed by atoms with E-state index in [0.717, 1.165) is 6.20 Å². The first kappa shape index (κ1) is 6.60. The highest BCUT2D eigenvalue weighted by atomic mass is 19.1. The molecule has 1 aromatic rings. The van der Waals surface area contributed by atoms with E-state index in [2.05, 4.69) is 10.3 Å². The Kier molecular flexibility index (Phi) is 1.89. The normalized spacial score (nSPS) is 8.90. The first-order valence-corrected chi connectivity index (χ1v) is 2.53.